The second-order valence-electron chi connectivity index (χ2n) is 6.48. The lowest BCUT2D eigenvalue weighted by atomic mass is 10.0. The molecule has 1 aromatic carbocycles. The third-order valence-corrected chi connectivity index (χ3v) is 5.07. The molecule has 2 heteroatoms. The van der Waals surface area contributed by atoms with Crippen LogP contribution in [0.2, 0.25) is 0 Å². The Balaban J connectivity index is 1.32. The molecule has 4 rings (SSSR count). The fraction of sp³-hybridized carbons (Fsp3) is 0.647. The van der Waals surface area contributed by atoms with E-state index in [0.29, 0.717) is 0 Å². The van der Waals surface area contributed by atoms with Crippen LogP contribution >= 0.6 is 0 Å². The molecule has 1 aromatic rings. The highest BCUT2D eigenvalue weighted by Gasteiger charge is 2.35. The van der Waals surface area contributed by atoms with Gasteiger partial charge in [0.2, 0.25) is 0 Å². The lowest BCUT2D eigenvalue weighted by molar-refractivity contribution is 0.321. The van der Waals surface area contributed by atoms with E-state index in [-0.39, 0.29) is 0 Å². The molecule has 2 heterocycles. The van der Waals surface area contributed by atoms with Crippen LogP contribution < -0.4 is 4.74 Å². The molecule has 2 aliphatic heterocycles. The van der Waals surface area contributed by atoms with Crippen LogP contribution in [0.4, 0.5) is 0 Å². The van der Waals surface area contributed by atoms with Crippen LogP contribution in [0.5, 0.6) is 5.75 Å². The van der Waals surface area contributed by atoms with Crippen molar-refractivity contribution in [1.29, 1.82) is 0 Å². The Morgan fingerprint density at radius 1 is 1.16 bits per heavy atom. The molecule has 3 aliphatic rings. The molecule has 19 heavy (non-hydrogen) atoms. The summed E-state index contributed by atoms with van der Waals surface area (Å²) in [5, 5.41) is 0. The zero-order valence-corrected chi connectivity index (χ0v) is 11.6. The maximum Gasteiger partial charge on any atom is 0.122 e. The molecule has 0 amide bonds. The first kappa shape index (κ1) is 11.8. The maximum atomic E-state index is 5.57. The molecule has 1 saturated heterocycles. The Hall–Kier alpha value is -1.02. The van der Waals surface area contributed by atoms with Crippen molar-refractivity contribution in [3.63, 3.8) is 0 Å². The molecule has 0 spiro atoms. The van der Waals surface area contributed by atoms with Gasteiger partial charge in [-0.25, -0.2) is 0 Å². The van der Waals surface area contributed by atoms with Gasteiger partial charge in [0.25, 0.3) is 0 Å². The van der Waals surface area contributed by atoms with Gasteiger partial charge in [-0.2, -0.15) is 0 Å². The number of nitrogens with zero attached hydrogens (tertiary/aromatic N) is 1. The lowest BCUT2D eigenvalue weighted by Gasteiger charge is -2.16. The summed E-state index contributed by atoms with van der Waals surface area (Å²) < 4.78 is 5.57. The average molecular weight is 257 g/mol. The van der Waals surface area contributed by atoms with Crippen LogP contribution in [0.25, 0.3) is 0 Å². The number of benzene rings is 1. The Labute approximate surface area is 115 Å². The summed E-state index contributed by atoms with van der Waals surface area (Å²) in [6, 6.07) is 6.77. The summed E-state index contributed by atoms with van der Waals surface area (Å²) >= 11 is 0. The number of hydrogen-bond acceptors (Lipinski definition) is 2. The number of likely N-dealkylation sites (tertiary alicyclic amines) is 1. The molecule has 1 atom stereocenters. The van der Waals surface area contributed by atoms with Crippen LogP contribution in [0, 0.1) is 11.8 Å². The summed E-state index contributed by atoms with van der Waals surface area (Å²) in [4.78, 5) is 2.67. The third kappa shape index (κ3) is 2.51. The Kier molecular flexibility index (Phi) is 2.99. The Morgan fingerprint density at radius 2 is 2.11 bits per heavy atom. The fourth-order valence-electron chi connectivity index (χ4n) is 3.70. The van der Waals surface area contributed by atoms with Crippen LogP contribution in [0.15, 0.2) is 18.2 Å². The molecule has 1 unspecified atom stereocenters. The van der Waals surface area contributed by atoms with Crippen molar-refractivity contribution in [2.45, 2.75) is 32.1 Å². The van der Waals surface area contributed by atoms with Crippen LogP contribution in [-0.4, -0.2) is 31.1 Å². The van der Waals surface area contributed by atoms with Gasteiger partial charge >= 0.3 is 0 Å². The largest absolute Gasteiger partial charge is 0.493 e. The highest BCUT2D eigenvalue weighted by atomic mass is 16.5. The van der Waals surface area contributed by atoms with Crippen LogP contribution in [0.1, 0.15) is 30.4 Å². The summed E-state index contributed by atoms with van der Waals surface area (Å²) in [7, 11) is 0. The van der Waals surface area contributed by atoms with Crippen LogP contribution in [0.3, 0.4) is 0 Å². The van der Waals surface area contributed by atoms with Gasteiger partial charge in [0.1, 0.15) is 5.75 Å². The molecule has 0 N–H and O–H groups in total. The third-order valence-electron chi connectivity index (χ3n) is 5.07. The van der Waals surface area contributed by atoms with E-state index in [1.807, 2.05) is 0 Å². The minimum atomic E-state index is 0.869. The quantitative estimate of drug-likeness (QED) is 0.822. The molecule has 0 bridgehead atoms. The monoisotopic (exact) mass is 257 g/mol. The topological polar surface area (TPSA) is 12.5 Å². The van der Waals surface area contributed by atoms with Crippen molar-refractivity contribution in [3.05, 3.63) is 29.3 Å². The van der Waals surface area contributed by atoms with Gasteiger partial charge in [0, 0.05) is 19.5 Å². The second kappa shape index (κ2) is 4.82. The van der Waals surface area contributed by atoms with Gasteiger partial charge in [-0.1, -0.05) is 12.1 Å². The first-order chi connectivity index (χ1) is 9.38. The van der Waals surface area contributed by atoms with Gasteiger partial charge in [0.05, 0.1) is 6.61 Å². The van der Waals surface area contributed by atoms with Gasteiger partial charge in [-0.15, -0.1) is 0 Å². The van der Waals surface area contributed by atoms with E-state index in [4.69, 9.17) is 4.74 Å². The van der Waals surface area contributed by atoms with Crippen molar-refractivity contribution in [2.24, 2.45) is 11.8 Å². The average Bonchev–Trinajstić information content (AvgIpc) is 3.01. The standard InChI is InChI=1S/C17H23NO/c1-4-17-15(7-10-19-17)11-13(1)5-8-18-9-6-16(12-18)14-2-3-14/h1,4,11,14,16H,2-3,5-10,12H2. The predicted molar refractivity (Wildman–Crippen MR) is 76.6 cm³/mol. The van der Waals surface area contributed by atoms with E-state index in [9.17, 15) is 0 Å². The van der Waals surface area contributed by atoms with E-state index in [0.717, 1.165) is 30.6 Å². The van der Waals surface area contributed by atoms with Crippen molar-refractivity contribution < 1.29 is 4.74 Å². The first-order valence-electron chi connectivity index (χ1n) is 7.85. The molecule has 2 fully saturated rings. The lowest BCUT2D eigenvalue weighted by Crippen LogP contribution is -2.23. The number of ether oxygens (including phenoxy) is 1. The minimum absolute atomic E-state index is 0.869. The van der Waals surface area contributed by atoms with Gasteiger partial charge in [0.15, 0.2) is 0 Å². The van der Waals surface area contributed by atoms with Gasteiger partial charge in [-0.05, 0) is 61.3 Å². The molecule has 0 aromatic heterocycles. The molecular formula is C17H23NO. The normalized spacial score (nSPS) is 26.4. The maximum absolute atomic E-state index is 5.57. The highest BCUT2D eigenvalue weighted by Crippen LogP contribution is 2.41. The van der Waals surface area contributed by atoms with Crippen molar-refractivity contribution in [1.82, 2.24) is 4.90 Å². The van der Waals surface area contributed by atoms with Gasteiger partial charge in [-0.3, -0.25) is 0 Å². The smallest absolute Gasteiger partial charge is 0.122 e. The first-order valence-corrected chi connectivity index (χ1v) is 7.85. The Morgan fingerprint density at radius 3 is 3.00 bits per heavy atom. The fourth-order valence-corrected chi connectivity index (χ4v) is 3.70. The highest BCUT2D eigenvalue weighted by molar-refractivity contribution is 5.39. The van der Waals surface area contributed by atoms with E-state index >= 15 is 0 Å². The van der Waals surface area contributed by atoms with E-state index in [2.05, 4.69) is 23.1 Å². The molecule has 0 radical (unpaired) electrons. The van der Waals surface area contributed by atoms with E-state index < -0.39 is 0 Å². The SMILES string of the molecule is c1cc2c(cc1CCN1CCC(C3CC3)C1)CCO2. The summed E-state index contributed by atoms with van der Waals surface area (Å²) in [5.74, 6) is 3.22. The molecule has 102 valence electrons. The Bertz CT molecular complexity index is 466. The number of rotatable bonds is 4. The van der Waals surface area contributed by atoms with Crippen LogP contribution in [-0.2, 0) is 12.8 Å². The summed E-state index contributed by atoms with van der Waals surface area (Å²) in [5.41, 5.74) is 2.90. The zero-order valence-electron chi connectivity index (χ0n) is 11.6. The second-order valence-corrected chi connectivity index (χ2v) is 6.48. The molecular weight excluding hydrogens is 234 g/mol. The molecule has 1 aliphatic carbocycles. The summed E-state index contributed by atoms with van der Waals surface area (Å²) in [6.45, 7) is 4.80. The van der Waals surface area contributed by atoms with Crippen molar-refractivity contribution in [2.75, 3.05) is 26.2 Å². The summed E-state index contributed by atoms with van der Waals surface area (Å²) in [6.07, 6.45) is 6.75. The number of fused-ring (bicyclic) bond motifs is 1. The zero-order chi connectivity index (χ0) is 12.7. The van der Waals surface area contributed by atoms with Gasteiger partial charge < -0.3 is 9.64 Å². The minimum Gasteiger partial charge on any atom is -0.493 e. The predicted octanol–water partition coefficient (Wildman–Crippen LogP) is 2.90. The van der Waals surface area contributed by atoms with Crippen molar-refractivity contribution in [3.8, 4) is 5.75 Å². The molecule has 2 nitrogen and oxygen atoms in total. The molecule has 1 saturated carbocycles. The number of hydrogen-bond donors (Lipinski definition) is 0. The van der Waals surface area contributed by atoms with Crippen molar-refractivity contribution >= 4 is 0 Å². The van der Waals surface area contributed by atoms with E-state index in [1.54, 1.807) is 0 Å². The van der Waals surface area contributed by atoms with E-state index in [1.165, 1.54) is 56.4 Å².